The highest BCUT2D eigenvalue weighted by molar-refractivity contribution is 5.82. The molecule has 7 atom stereocenters. The summed E-state index contributed by atoms with van der Waals surface area (Å²) in [5.41, 5.74) is 7.37. The molecule has 1 saturated heterocycles. The van der Waals surface area contributed by atoms with Crippen molar-refractivity contribution in [1.82, 2.24) is 15.1 Å². The van der Waals surface area contributed by atoms with Crippen molar-refractivity contribution in [3.63, 3.8) is 0 Å². The lowest BCUT2D eigenvalue weighted by Crippen LogP contribution is -2.56. The molecule has 0 radical (unpaired) electrons. The van der Waals surface area contributed by atoms with Crippen LogP contribution in [0.5, 0.6) is 0 Å². The Kier molecular flexibility index (Phi) is 14.2. The Morgan fingerprint density at radius 1 is 1.10 bits per heavy atom. The monoisotopic (exact) mass is 574 g/mol. The Morgan fingerprint density at radius 2 is 1.76 bits per heavy atom. The second-order valence-corrected chi connectivity index (χ2v) is 11.9. The molecule has 1 aliphatic heterocycles. The van der Waals surface area contributed by atoms with E-state index in [9.17, 15) is 14.4 Å². The fourth-order valence-electron chi connectivity index (χ4n) is 5.96. The van der Waals surface area contributed by atoms with Crippen LogP contribution in [0.1, 0.15) is 65.9 Å². The lowest BCUT2D eigenvalue weighted by atomic mass is 9.89. The molecule has 0 saturated carbocycles. The summed E-state index contributed by atoms with van der Waals surface area (Å²) in [5, 5.41) is 3.04. The number of nitrogens with zero attached hydrogens (tertiary/aromatic N) is 2. The van der Waals surface area contributed by atoms with Gasteiger partial charge < -0.3 is 30.3 Å². The van der Waals surface area contributed by atoms with E-state index in [4.69, 9.17) is 15.2 Å². The van der Waals surface area contributed by atoms with Crippen LogP contribution < -0.4 is 11.1 Å². The van der Waals surface area contributed by atoms with Gasteiger partial charge in [-0.1, -0.05) is 71.4 Å². The molecule has 232 valence electrons. The van der Waals surface area contributed by atoms with E-state index < -0.39 is 24.2 Å². The van der Waals surface area contributed by atoms with Crippen LogP contribution in [0, 0.1) is 17.8 Å². The van der Waals surface area contributed by atoms with E-state index in [1.165, 1.54) is 5.56 Å². The zero-order chi connectivity index (χ0) is 30.7. The molecule has 0 spiro atoms. The van der Waals surface area contributed by atoms with Crippen molar-refractivity contribution in [2.24, 2.45) is 23.5 Å². The number of likely N-dealkylation sites (tertiary alicyclic amines) is 1. The van der Waals surface area contributed by atoms with E-state index in [1.54, 1.807) is 26.2 Å². The third kappa shape index (κ3) is 9.25. The Labute approximate surface area is 247 Å². The predicted octanol–water partition coefficient (Wildman–Crippen LogP) is 3.25. The Hall–Kier alpha value is -2.49. The lowest BCUT2D eigenvalue weighted by Gasteiger charge is -2.40. The average molecular weight is 575 g/mol. The summed E-state index contributed by atoms with van der Waals surface area (Å²) in [4.78, 5) is 43.6. The predicted molar refractivity (Wildman–Crippen MR) is 162 cm³/mol. The van der Waals surface area contributed by atoms with Crippen molar-refractivity contribution in [2.45, 2.75) is 97.1 Å². The molecular weight excluding hydrogens is 520 g/mol. The first-order chi connectivity index (χ1) is 19.5. The van der Waals surface area contributed by atoms with Gasteiger partial charge in [0.1, 0.15) is 0 Å². The normalized spacial score (nSPS) is 19.8. The van der Waals surface area contributed by atoms with Gasteiger partial charge in [0.15, 0.2) is 0 Å². The maximum Gasteiger partial charge on any atom is 0.239 e. The minimum absolute atomic E-state index is 0.000904. The summed E-state index contributed by atoms with van der Waals surface area (Å²) in [6, 6.07) is 8.90. The number of nitrogens with one attached hydrogen (secondary N) is 1. The first kappa shape index (κ1) is 34.7. The van der Waals surface area contributed by atoms with Gasteiger partial charge in [0.2, 0.25) is 17.7 Å². The van der Waals surface area contributed by atoms with E-state index in [0.29, 0.717) is 13.1 Å². The number of likely N-dealkylation sites (N-methyl/N-ethyl adjacent to an activating group) is 1. The number of carbonyl (C=O) groups excluding carboxylic acids is 3. The molecule has 9 heteroatoms. The summed E-state index contributed by atoms with van der Waals surface area (Å²) in [5.74, 6) is -0.617. The van der Waals surface area contributed by atoms with Crippen molar-refractivity contribution in [3.8, 4) is 0 Å². The fraction of sp³-hybridized carbons (Fsp3) is 0.719. The van der Waals surface area contributed by atoms with Crippen LogP contribution in [0.4, 0.5) is 0 Å². The average Bonchev–Trinajstić information content (AvgIpc) is 3.46. The molecule has 1 fully saturated rings. The van der Waals surface area contributed by atoms with Crippen LogP contribution in [0.15, 0.2) is 30.3 Å². The second kappa shape index (κ2) is 16.8. The SMILES string of the molecule is CCC(C)C(C(CC(=O)N1CCCC1C(OC)C(C)C(=O)NCCc1ccccc1)OC)N(C)C(=O)C(N)C(C)C. The molecule has 1 aliphatic rings. The smallest absolute Gasteiger partial charge is 0.239 e. The first-order valence-electron chi connectivity index (χ1n) is 15.2. The highest BCUT2D eigenvalue weighted by Crippen LogP contribution is 2.29. The summed E-state index contributed by atoms with van der Waals surface area (Å²) in [6.07, 6.45) is 2.38. The van der Waals surface area contributed by atoms with E-state index in [1.807, 2.05) is 56.0 Å². The van der Waals surface area contributed by atoms with Gasteiger partial charge in [0.05, 0.1) is 42.7 Å². The molecule has 0 aromatic heterocycles. The highest BCUT2D eigenvalue weighted by Gasteiger charge is 2.42. The van der Waals surface area contributed by atoms with Gasteiger partial charge in [-0.25, -0.2) is 0 Å². The standard InChI is InChI=1S/C32H54N4O5/c1-9-22(4)29(35(6)32(39)28(33)21(2)3)26(40-7)20-27(37)36-19-13-16-25(36)30(41-8)23(5)31(38)34-18-17-24-14-11-10-12-15-24/h10-12,14-15,21-23,25-26,28-30H,9,13,16-20,33H2,1-8H3,(H,34,38). The second-order valence-electron chi connectivity index (χ2n) is 11.9. The zero-order valence-corrected chi connectivity index (χ0v) is 26.5. The zero-order valence-electron chi connectivity index (χ0n) is 26.5. The van der Waals surface area contributed by atoms with Gasteiger partial charge in [-0.3, -0.25) is 14.4 Å². The summed E-state index contributed by atoms with van der Waals surface area (Å²) in [7, 11) is 4.96. The molecule has 1 aromatic rings. The van der Waals surface area contributed by atoms with Crippen LogP contribution in [-0.4, -0.2) is 92.2 Å². The molecule has 9 nitrogen and oxygen atoms in total. The third-order valence-electron chi connectivity index (χ3n) is 8.82. The molecule has 1 aromatic carbocycles. The van der Waals surface area contributed by atoms with Crippen LogP contribution >= 0.6 is 0 Å². The van der Waals surface area contributed by atoms with E-state index in [-0.39, 0.29) is 48.1 Å². The molecule has 7 unspecified atom stereocenters. The number of hydrogen-bond donors (Lipinski definition) is 2. The van der Waals surface area contributed by atoms with Gasteiger partial charge in [-0.15, -0.1) is 0 Å². The Balaban J connectivity index is 2.12. The number of benzene rings is 1. The van der Waals surface area contributed by atoms with Gasteiger partial charge in [-0.2, -0.15) is 0 Å². The molecule has 41 heavy (non-hydrogen) atoms. The summed E-state index contributed by atoms with van der Waals surface area (Å²) >= 11 is 0. The number of methoxy groups -OCH3 is 2. The van der Waals surface area contributed by atoms with Crippen LogP contribution in [0.3, 0.4) is 0 Å². The number of amides is 3. The van der Waals surface area contributed by atoms with Gasteiger partial charge in [-0.05, 0) is 36.7 Å². The quantitative estimate of drug-likeness (QED) is 0.313. The lowest BCUT2D eigenvalue weighted by molar-refractivity contribution is -0.146. The Bertz CT molecular complexity index is 959. The molecule has 1 heterocycles. The van der Waals surface area contributed by atoms with Crippen LogP contribution in [0.25, 0.3) is 0 Å². The van der Waals surface area contributed by atoms with Crippen LogP contribution in [-0.2, 0) is 30.3 Å². The topological polar surface area (TPSA) is 114 Å². The molecule has 0 bridgehead atoms. The number of nitrogens with two attached hydrogens (primary N) is 1. The fourth-order valence-corrected chi connectivity index (χ4v) is 5.96. The number of rotatable bonds is 16. The van der Waals surface area contributed by atoms with Crippen molar-refractivity contribution < 1.29 is 23.9 Å². The largest absolute Gasteiger partial charge is 0.379 e. The van der Waals surface area contributed by atoms with Crippen molar-refractivity contribution >= 4 is 17.7 Å². The summed E-state index contributed by atoms with van der Waals surface area (Å²) in [6.45, 7) is 11.0. The van der Waals surface area contributed by atoms with E-state index in [0.717, 1.165) is 25.7 Å². The molecule has 0 aliphatic carbocycles. The van der Waals surface area contributed by atoms with Gasteiger partial charge in [0, 0.05) is 34.4 Å². The Morgan fingerprint density at radius 3 is 2.32 bits per heavy atom. The maximum absolute atomic E-state index is 13.8. The van der Waals surface area contributed by atoms with E-state index >= 15 is 0 Å². The molecule has 2 rings (SSSR count). The minimum Gasteiger partial charge on any atom is -0.379 e. The minimum atomic E-state index is -0.620. The van der Waals surface area contributed by atoms with Gasteiger partial charge in [0.25, 0.3) is 0 Å². The van der Waals surface area contributed by atoms with Crippen molar-refractivity contribution in [1.29, 1.82) is 0 Å². The first-order valence-corrected chi connectivity index (χ1v) is 15.2. The molecule has 3 N–H and O–H groups in total. The highest BCUT2D eigenvalue weighted by atomic mass is 16.5. The van der Waals surface area contributed by atoms with Crippen molar-refractivity contribution in [2.75, 3.05) is 34.4 Å². The number of hydrogen-bond acceptors (Lipinski definition) is 6. The molecular formula is C32H54N4O5. The van der Waals surface area contributed by atoms with Crippen molar-refractivity contribution in [3.05, 3.63) is 35.9 Å². The van der Waals surface area contributed by atoms with E-state index in [2.05, 4.69) is 19.2 Å². The number of ether oxygens (including phenoxy) is 2. The van der Waals surface area contributed by atoms with Gasteiger partial charge >= 0.3 is 0 Å². The maximum atomic E-state index is 13.8. The summed E-state index contributed by atoms with van der Waals surface area (Å²) < 4.78 is 11.8. The number of carbonyl (C=O) groups is 3. The molecule has 3 amide bonds. The third-order valence-corrected chi connectivity index (χ3v) is 8.82. The van der Waals surface area contributed by atoms with Crippen LogP contribution in [0.2, 0.25) is 0 Å².